The molecule has 1 fully saturated rings. The molecule has 0 aromatic carbocycles. The van der Waals surface area contributed by atoms with E-state index in [2.05, 4.69) is 41.1 Å². The van der Waals surface area contributed by atoms with E-state index >= 15 is 0 Å². The summed E-state index contributed by atoms with van der Waals surface area (Å²) in [4.78, 5) is 19.1. The monoisotopic (exact) mass is 389 g/mol. The van der Waals surface area contributed by atoms with Gasteiger partial charge in [-0.05, 0) is 46.1 Å². The summed E-state index contributed by atoms with van der Waals surface area (Å²) in [6.45, 7) is 5.97. The second-order valence-corrected chi connectivity index (χ2v) is 8.06. The first-order chi connectivity index (χ1) is 13.4. The average molecular weight is 390 g/mol. The zero-order chi connectivity index (χ0) is 20.3. The zero-order valence-corrected chi connectivity index (χ0v) is 17.2. The number of furan rings is 1. The molecular formula is C20H31N5O3. The van der Waals surface area contributed by atoms with Crippen LogP contribution < -0.4 is 0 Å². The topological polar surface area (TPSA) is 88.8 Å². The number of carbonyl (C=O) groups excluding carboxylic acids is 1. The molecule has 0 saturated carbocycles. The number of aromatic nitrogens is 2. The lowest BCUT2D eigenvalue weighted by molar-refractivity contribution is 0.0773. The third-order valence-electron chi connectivity index (χ3n) is 5.38. The van der Waals surface area contributed by atoms with Crippen molar-refractivity contribution in [3.8, 4) is 11.5 Å². The molecule has 0 bridgehead atoms. The van der Waals surface area contributed by atoms with Gasteiger partial charge in [-0.2, -0.15) is 5.10 Å². The number of H-pyrrole nitrogens is 1. The van der Waals surface area contributed by atoms with Gasteiger partial charge in [0.25, 0.3) is 5.91 Å². The first kappa shape index (κ1) is 20.6. The molecule has 1 aliphatic rings. The van der Waals surface area contributed by atoms with Crippen molar-refractivity contribution in [3.63, 3.8) is 0 Å². The van der Waals surface area contributed by atoms with Gasteiger partial charge in [-0.25, -0.2) is 0 Å². The lowest BCUT2D eigenvalue weighted by Crippen LogP contribution is -2.35. The Morgan fingerprint density at radius 2 is 2.04 bits per heavy atom. The maximum atomic E-state index is 12.9. The number of amides is 1. The predicted molar refractivity (Wildman–Crippen MR) is 107 cm³/mol. The highest BCUT2D eigenvalue weighted by Crippen LogP contribution is 2.26. The van der Waals surface area contributed by atoms with Crippen molar-refractivity contribution in [1.29, 1.82) is 0 Å². The Morgan fingerprint density at radius 1 is 1.29 bits per heavy atom. The maximum absolute atomic E-state index is 12.9. The van der Waals surface area contributed by atoms with Crippen LogP contribution in [0.3, 0.4) is 0 Å². The summed E-state index contributed by atoms with van der Waals surface area (Å²) < 4.78 is 5.58. The second-order valence-electron chi connectivity index (χ2n) is 8.06. The van der Waals surface area contributed by atoms with Crippen LogP contribution in [0.15, 0.2) is 22.6 Å². The summed E-state index contributed by atoms with van der Waals surface area (Å²) in [5.41, 5.74) is 1.07. The Kier molecular flexibility index (Phi) is 6.53. The molecule has 2 N–H and O–H groups in total. The normalized spacial score (nSPS) is 19.9. The fourth-order valence-electron chi connectivity index (χ4n) is 3.68. The van der Waals surface area contributed by atoms with Crippen molar-refractivity contribution in [2.24, 2.45) is 11.8 Å². The molecule has 1 aliphatic heterocycles. The highest BCUT2D eigenvalue weighted by atomic mass is 16.3. The number of carbonyl (C=O) groups is 1. The van der Waals surface area contributed by atoms with Crippen LogP contribution in [0.4, 0.5) is 0 Å². The molecule has 8 nitrogen and oxygen atoms in total. The molecule has 2 atom stereocenters. The van der Waals surface area contributed by atoms with Crippen LogP contribution >= 0.6 is 0 Å². The number of likely N-dealkylation sites (N-methyl/N-ethyl adjacent to an activating group) is 2. The molecule has 2 unspecified atom stereocenters. The number of likely N-dealkylation sites (tertiary alicyclic amines) is 1. The van der Waals surface area contributed by atoms with Gasteiger partial charge in [0.05, 0.1) is 0 Å². The number of nitrogens with zero attached hydrogens (tertiary/aromatic N) is 4. The fraction of sp³-hybridized carbons (Fsp3) is 0.600. The molecule has 28 heavy (non-hydrogen) atoms. The van der Waals surface area contributed by atoms with Crippen LogP contribution in [0.1, 0.15) is 16.2 Å². The van der Waals surface area contributed by atoms with Crippen LogP contribution in [-0.4, -0.2) is 96.4 Å². The molecular weight excluding hydrogens is 358 g/mol. The first-order valence-corrected chi connectivity index (χ1v) is 9.73. The fourth-order valence-corrected chi connectivity index (χ4v) is 3.68. The zero-order valence-electron chi connectivity index (χ0n) is 17.2. The molecule has 0 aliphatic carbocycles. The molecule has 3 rings (SSSR count). The quantitative estimate of drug-likeness (QED) is 0.704. The number of aliphatic hydroxyl groups is 1. The summed E-state index contributed by atoms with van der Waals surface area (Å²) in [5, 5.41) is 16.9. The van der Waals surface area contributed by atoms with Gasteiger partial charge in [0.2, 0.25) is 0 Å². The van der Waals surface area contributed by atoms with Crippen LogP contribution in [0.5, 0.6) is 0 Å². The van der Waals surface area contributed by atoms with Gasteiger partial charge in [-0.15, -0.1) is 0 Å². The Morgan fingerprint density at radius 3 is 2.68 bits per heavy atom. The molecule has 2 aromatic rings. The van der Waals surface area contributed by atoms with Gasteiger partial charge in [-0.3, -0.25) is 9.89 Å². The summed E-state index contributed by atoms with van der Waals surface area (Å²) >= 11 is 0. The molecule has 3 heterocycles. The minimum Gasteiger partial charge on any atom is -0.460 e. The highest BCUT2D eigenvalue weighted by Gasteiger charge is 2.36. The van der Waals surface area contributed by atoms with Crippen molar-refractivity contribution in [2.45, 2.75) is 6.92 Å². The molecule has 1 amide bonds. The molecule has 1 saturated heterocycles. The van der Waals surface area contributed by atoms with E-state index in [1.807, 2.05) is 19.1 Å². The molecule has 8 heteroatoms. The van der Waals surface area contributed by atoms with Crippen LogP contribution in [0.25, 0.3) is 11.5 Å². The van der Waals surface area contributed by atoms with Crippen molar-refractivity contribution in [3.05, 3.63) is 29.7 Å². The maximum Gasteiger partial charge on any atom is 0.274 e. The smallest absolute Gasteiger partial charge is 0.274 e. The van der Waals surface area contributed by atoms with Gasteiger partial charge in [0.15, 0.2) is 11.5 Å². The van der Waals surface area contributed by atoms with Crippen LogP contribution in [-0.2, 0) is 0 Å². The number of aromatic amines is 1. The lowest BCUT2D eigenvalue weighted by Gasteiger charge is -2.25. The van der Waals surface area contributed by atoms with E-state index in [1.165, 1.54) is 0 Å². The van der Waals surface area contributed by atoms with Crippen molar-refractivity contribution in [2.75, 3.05) is 60.5 Å². The number of hydrogen-bond donors (Lipinski definition) is 2. The van der Waals surface area contributed by atoms with Crippen molar-refractivity contribution in [1.82, 2.24) is 24.9 Å². The largest absolute Gasteiger partial charge is 0.460 e. The number of hydrogen-bond acceptors (Lipinski definition) is 6. The number of nitrogens with one attached hydrogen (secondary N) is 1. The van der Waals surface area contributed by atoms with E-state index in [9.17, 15) is 9.90 Å². The Balaban J connectivity index is 1.62. The van der Waals surface area contributed by atoms with Crippen molar-refractivity contribution >= 4 is 5.91 Å². The van der Waals surface area contributed by atoms with E-state index in [0.29, 0.717) is 30.2 Å². The third-order valence-corrected chi connectivity index (χ3v) is 5.38. The molecule has 154 valence electrons. The number of rotatable bonds is 8. The van der Waals surface area contributed by atoms with Gasteiger partial charge < -0.3 is 24.2 Å². The molecule has 0 spiro atoms. The molecule has 0 radical (unpaired) electrons. The average Bonchev–Trinajstić information content (AvgIpc) is 3.38. The minimum absolute atomic E-state index is 0.0907. The summed E-state index contributed by atoms with van der Waals surface area (Å²) in [6.07, 6.45) is 0. The standard InChI is InChI=1S/C20H31N5O3/c1-14-5-6-19(28-14)17-9-18(22-21-17)20(27)25-11-15(16(12-25)13-26)10-24(4)8-7-23(2)3/h5-6,9,15-16,26H,7-8,10-13H2,1-4H3,(H,21,22). The van der Waals surface area contributed by atoms with E-state index in [4.69, 9.17) is 4.42 Å². The van der Waals surface area contributed by atoms with Crippen LogP contribution in [0, 0.1) is 18.8 Å². The van der Waals surface area contributed by atoms with Gasteiger partial charge >= 0.3 is 0 Å². The summed E-state index contributed by atoms with van der Waals surface area (Å²) in [7, 11) is 6.21. The number of aryl methyl sites for hydroxylation is 1. The Labute approximate surface area is 166 Å². The van der Waals surface area contributed by atoms with Crippen LogP contribution in [0.2, 0.25) is 0 Å². The Hall–Kier alpha value is -2.16. The van der Waals surface area contributed by atoms with E-state index in [1.54, 1.807) is 11.0 Å². The minimum atomic E-state index is -0.109. The van der Waals surface area contributed by atoms with E-state index in [0.717, 1.165) is 25.4 Å². The Bertz CT molecular complexity index is 784. The van der Waals surface area contributed by atoms with Gasteiger partial charge in [0, 0.05) is 51.3 Å². The van der Waals surface area contributed by atoms with E-state index in [-0.39, 0.29) is 24.3 Å². The SMILES string of the molecule is Cc1ccc(-c2cc(C(=O)N3CC(CO)C(CN(C)CCN(C)C)C3)n[nH]2)o1. The summed E-state index contributed by atoms with van der Waals surface area (Å²) in [5.74, 6) is 1.72. The lowest BCUT2D eigenvalue weighted by atomic mass is 9.96. The summed E-state index contributed by atoms with van der Waals surface area (Å²) in [6, 6.07) is 5.46. The third kappa shape index (κ3) is 4.81. The van der Waals surface area contributed by atoms with Gasteiger partial charge in [-0.1, -0.05) is 0 Å². The highest BCUT2D eigenvalue weighted by molar-refractivity contribution is 5.93. The van der Waals surface area contributed by atoms with Crippen molar-refractivity contribution < 1.29 is 14.3 Å². The second kappa shape index (κ2) is 8.89. The first-order valence-electron chi connectivity index (χ1n) is 9.73. The molecule has 2 aromatic heterocycles. The number of aliphatic hydroxyl groups excluding tert-OH is 1. The predicted octanol–water partition coefficient (Wildman–Crippen LogP) is 1.15. The van der Waals surface area contributed by atoms with Gasteiger partial charge in [0.1, 0.15) is 11.5 Å². The van der Waals surface area contributed by atoms with E-state index < -0.39 is 0 Å².